The van der Waals surface area contributed by atoms with E-state index in [1.807, 2.05) is 0 Å². The number of phenols is 5. The summed E-state index contributed by atoms with van der Waals surface area (Å²) in [6.45, 7) is 0. The highest BCUT2D eigenvalue weighted by molar-refractivity contribution is 5.66. The van der Waals surface area contributed by atoms with Crippen molar-refractivity contribution in [2.24, 2.45) is 0 Å². The molecule has 6 rings (SSSR count). The summed E-state index contributed by atoms with van der Waals surface area (Å²) < 4.78 is 6.25. The minimum absolute atomic E-state index is 0.0689. The van der Waals surface area contributed by atoms with Crippen molar-refractivity contribution in [1.82, 2.24) is 0 Å². The minimum Gasteiger partial charge on any atom is -0.508 e. The van der Waals surface area contributed by atoms with Crippen LogP contribution >= 0.6 is 0 Å². The van der Waals surface area contributed by atoms with E-state index in [1.54, 1.807) is 36.4 Å². The van der Waals surface area contributed by atoms with Gasteiger partial charge in [-0.15, -0.1) is 0 Å². The first kappa shape index (κ1) is 21.2. The summed E-state index contributed by atoms with van der Waals surface area (Å²) in [5.41, 5.74) is 3.42. The molecule has 7 heteroatoms. The van der Waals surface area contributed by atoms with E-state index in [9.17, 15) is 30.6 Å². The van der Waals surface area contributed by atoms with E-state index in [2.05, 4.69) is 0 Å². The number of hydrogen-bond acceptors (Lipinski definition) is 7. The van der Waals surface area contributed by atoms with Crippen molar-refractivity contribution in [2.45, 2.75) is 24.0 Å². The molecule has 2 aliphatic rings. The monoisotopic (exact) mass is 470 g/mol. The Morgan fingerprint density at radius 1 is 0.543 bits per heavy atom. The third kappa shape index (κ3) is 3.16. The Morgan fingerprint density at radius 2 is 1.17 bits per heavy atom. The Morgan fingerprint density at radius 3 is 1.83 bits per heavy atom. The van der Waals surface area contributed by atoms with E-state index in [0.29, 0.717) is 33.4 Å². The van der Waals surface area contributed by atoms with Gasteiger partial charge in [0.2, 0.25) is 0 Å². The zero-order chi connectivity index (χ0) is 24.4. The van der Waals surface area contributed by atoms with E-state index in [-0.39, 0.29) is 34.5 Å². The van der Waals surface area contributed by atoms with Gasteiger partial charge in [-0.2, -0.15) is 0 Å². The molecule has 7 nitrogen and oxygen atoms in total. The molecule has 4 atom stereocenters. The van der Waals surface area contributed by atoms with Gasteiger partial charge in [-0.25, -0.2) is 0 Å². The molecule has 4 aromatic carbocycles. The molecule has 6 N–H and O–H groups in total. The Labute approximate surface area is 200 Å². The van der Waals surface area contributed by atoms with Gasteiger partial charge < -0.3 is 35.4 Å². The topological polar surface area (TPSA) is 131 Å². The number of phenolic OH excluding ortho intramolecular Hbond substituents is 5. The molecule has 0 saturated carbocycles. The SMILES string of the molecule is Oc1ccc(C2Oc3c(O)ccc4c3C2c2cc(O)cc(O)c2C(c2ccc(O)cc2)C4O)cc1. The third-order valence-electron chi connectivity index (χ3n) is 7.00. The Balaban J connectivity index is 1.68. The quantitative estimate of drug-likeness (QED) is 0.251. The molecule has 0 spiro atoms. The largest absolute Gasteiger partial charge is 0.508 e. The van der Waals surface area contributed by atoms with Gasteiger partial charge in [0, 0.05) is 23.1 Å². The van der Waals surface area contributed by atoms with Gasteiger partial charge in [0.05, 0.1) is 12.0 Å². The highest BCUT2D eigenvalue weighted by Crippen LogP contribution is 2.61. The van der Waals surface area contributed by atoms with E-state index in [0.717, 1.165) is 0 Å². The fourth-order valence-corrected chi connectivity index (χ4v) is 5.50. The van der Waals surface area contributed by atoms with Crippen LogP contribution in [0, 0.1) is 0 Å². The van der Waals surface area contributed by atoms with Crippen molar-refractivity contribution in [1.29, 1.82) is 0 Å². The molecule has 0 bridgehead atoms. The number of rotatable bonds is 2. The average molecular weight is 470 g/mol. The molecule has 176 valence electrons. The molecule has 0 radical (unpaired) electrons. The first-order valence-corrected chi connectivity index (χ1v) is 11.2. The molecule has 0 fully saturated rings. The number of aliphatic hydroxyl groups excluding tert-OH is 1. The molecule has 0 amide bonds. The summed E-state index contributed by atoms with van der Waals surface area (Å²) in [7, 11) is 0. The number of benzene rings is 4. The van der Waals surface area contributed by atoms with Gasteiger partial charge >= 0.3 is 0 Å². The summed E-state index contributed by atoms with van der Waals surface area (Å²) in [5.74, 6) is -1.35. The van der Waals surface area contributed by atoms with Gasteiger partial charge in [0.1, 0.15) is 29.1 Å². The highest BCUT2D eigenvalue weighted by Gasteiger charge is 2.47. The van der Waals surface area contributed by atoms with Gasteiger partial charge in [0.25, 0.3) is 0 Å². The van der Waals surface area contributed by atoms with Crippen LogP contribution in [-0.2, 0) is 0 Å². The van der Waals surface area contributed by atoms with Gasteiger partial charge in [0.15, 0.2) is 11.5 Å². The Bertz CT molecular complexity index is 1440. The van der Waals surface area contributed by atoms with Crippen molar-refractivity contribution in [3.05, 3.63) is 106 Å². The molecular weight excluding hydrogens is 448 g/mol. The molecule has 1 aliphatic heterocycles. The predicted molar refractivity (Wildman–Crippen MR) is 126 cm³/mol. The fourth-order valence-electron chi connectivity index (χ4n) is 5.50. The standard InChI is InChI=1S/C28H22O7/c29-15-5-1-13(2-6-15)22-23-19(11-17(31)12-21(23)33)25-24-18(26(22)34)9-10-20(32)28(24)35-27(25)14-3-7-16(30)8-4-14/h1-12,22,25-27,29-34H. The molecular formula is C28H22O7. The van der Waals surface area contributed by atoms with Crippen molar-refractivity contribution >= 4 is 0 Å². The predicted octanol–water partition coefficient (Wildman–Crippen LogP) is 4.66. The van der Waals surface area contributed by atoms with Crippen LogP contribution in [0.3, 0.4) is 0 Å². The second-order valence-electron chi connectivity index (χ2n) is 9.01. The summed E-state index contributed by atoms with van der Waals surface area (Å²) in [6.07, 6.45) is -1.79. The number of ether oxygens (including phenoxy) is 1. The number of aromatic hydroxyl groups is 5. The molecule has 4 unspecified atom stereocenters. The maximum absolute atomic E-state index is 11.7. The Kier molecular flexibility index (Phi) is 4.59. The van der Waals surface area contributed by atoms with Crippen LogP contribution in [-0.4, -0.2) is 30.6 Å². The van der Waals surface area contributed by atoms with Crippen molar-refractivity contribution in [2.75, 3.05) is 0 Å². The first-order chi connectivity index (χ1) is 16.8. The average Bonchev–Trinajstić information content (AvgIpc) is 3.19. The smallest absolute Gasteiger partial charge is 0.166 e. The molecule has 0 saturated heterocycles. The van der Waals surface area contributed by atoms with Crippen LogP contribution in [0.5, 0.6) is 34.5 Å². The zero-order valence-electron chi connectivity index (χ0n) is 18.3. The molecule has 1 aliphatic carbocycles. The lowest BCUT2D eigenvalue weighted by Crippen LogP contribution is -2.15. The number of aliphatic hydroxyl groups is 1. The van der Waals surface area contributed by atoms with E-state index in [4.69, 9.17) is 4.74 Å². The van der Waals surface area contributed by atoms with Gasteiger partial charge in [-0.05, 0) is 58.7 Å². The van der Waals surface area contributed by atoms with E-state index >= 15 is 0 Å². The normalized spacial score (nSPS) is 22.1. The van der Waals surface area contributed by atoms with Crippen LogP contribution in [0.2, 0.25) is 0 Å². The summed E-state index contributed by atoms with van der Waals surface area (Å²) in [6, 6.07) is 18.8. The highest BCUT2D eigenvalue weighted by atomic mass is 16.5. The maximum Gasteiger partial charge on any atom is 0.166 e. The number of fused-ring (bicyclic) bond motifs is 2. The van der Waals surface area contributed by atoms with E-state index in [1.165, 1.54) is 36.4 Å². The summed E-state index contributed by atoms with van der Waals surface area (Å²) in [5, 5.41) is 63.5. The van der Waals surface area contributed by atoms with Crippen LogP contribution in [0.15, 0.2) is 72.8 Å². The lowest BCUT2D eigenvalue weighted by molar-refractivity contribution is 0.157. The van der Waals surface area contributed by atoms with E-state index < -0.39 is 24.0 Å². The molecule has 1 heterocycles. The second-order valence-corrected chi connectivity index (χ2v) is 9.01. The molecule has 35 heavy (non-hydrogen) atoms. The van der Waals surface area contributed by atoms with Crippen LogP contribution in [0.4, 0.5) is 0 Å². The Hall–Kier alpha value is -4.36. The molecule has 0 aromatic heterocycles. The lowest BCUT2D eigenvalue weighted by atomic mass is 9.80. The minimum atomic E-state index is -1.13. The fraction of sp³-hybridized carbons (Fsp3) is 0.143. The van der Waals surface area contributed by atoms with Crippen molar-refractivity contribution in [3.63, 3.8) is 0 Å². The van der Waals surface area contributed by atoms with Gasteiger partial charge in [-0.1, -0.05) is 30.3 Å². The maximum atomic E-state index is 11.7. The van der Waals surface area contributed by atoms with Gasteiger partial charge in [-0.3, -0.25) is 0 Å². The van der Waals surface area contributed by atoms with Crippen molar-refractivity contribution < 1.29 is 35.4 Å². The van der Waals surface area contributed by atoms with Crippen LogP contribution in [0.1, 0.15) is 57.4 Å². The molecule has 4 aromatic rings. The third-order valence-corrected chi connectivity index (χ3v) is 7.00. The first-order valence-electron chi connectivity index (χ1n) is 11.2. The zero-order valence-corrected chi connectivity index (χ0v) is 18.3. The number of hydrogen-bond donors (Lipinski definition) is 6. The summed E-state index contributed by atoms with van der Waals surface area (Å²) in [4.78, 5) is 0. The lowest BCUT2D eigenvalue weighted by Gasteiger charge is -2.27. The summed E-state index contributed by atoms with van der Waals surface area (Å²) >= 11 is 0. The van der Waals surface area contributed by atoms with Crippen LogP contribution < -0.4 is 4.74 Å². The van der Waals surface area contributed by atoms with Crippen molar-refractivity contribution in [3.8, 4) is 34.5 Å². The van der Waals surface area contributed by atoms with Crippen LogP contribution in [0.25, 0.3) is 0 Å². The second kappa shape index (κ2) is 7.58.